The lowest BCUT2D eigenvalue weighted by Crippen LogP contribution is -2.43. The van der Waals surface area contributed by atoms with Crippen molar-refractivity contribution in [3.63, 3.8) is 0 Å². The van der Waals surface area contributed by atoms with Crippen LogP contribution in [0, 0.1) is 5.41 Å². The molecule has 0 saturated carbocycles. The lowest BCUT2D eigenvalue weighted by molar-refractivity contribution is -0.132. The number of aryl methyl sites for hydroxylation is 1. The van der Waals surface area contributed by atoms with Crippen molar-refractivity contribution in [1.82, 2.24) is 39.7 Å². The van der Waals surface area contributed by atoms with Crippen molar-refractivity contribution >= 4 is 34.2 Å². The molecule has 2 fully saturated rings. The average molecular weight is 702 g/mol. The van der Waals surface area contributed by atoms with E-state index < -0.39 is 5.41 Å². The second-order valence-electron chi connectivity index (χ2n) is 14.3. The van der Waals surface area contributed by atoms with Crippen molar-refractivity contribution in [2.45, 2.75) is 39.2 Å². The van der Waals surface area contributed by atoms with Crippen LogP contribution in [0.2, 0.25) is 0 Å². The Kier molecular flexibility index (Phi) is 8.74. The SMILES string of the molecule is COc1cc(-c2n[nH]c3ccc(N4CC[C@]5(CCN(CC(=O)N6CC=C(c7ccc(-c8ncn(C)n8)cc7)CC6)C5)C4=O)nc23)ccc1OC(C)C. The number of rotatable bonds is 9. The van der Waals surface area contributed by atoms with E-state index in [0.717, 1.165) is 41.5 Å². The van der Waals surface area contributed by atoms with Crippen LogP contribution in [0.25, 0.3) is 39.3 Å². The van der Waals surface area contributed by atoms with E-state index >= 15 is 0 Å². The maximum atomic E-state index is 14.1. The summed E-state index contributed by atoms with van der Waals surface area (Å²) in [5.74, 6) is 2.77. The second kappa shape index (κ2) is 13.5. The Hall–Kier alpha value is -5.56. The number of aromatic nitrogens is 6. The number of carbonyl (C=O) groups excluding carboxylic acids is 2. The third-order valence-electron chi connectivity index (χ3n) is 10.4. The van der Waals surface area contributed by atoms with Crippen molar-refractivity contribution in [1.29, 1.82) is 0 Å². The van der Waals surface area contributed by atoms with Gasteiger partial charge in [-0.1, -0.05) is 30.3 Å². The third-order valence-corrected chi connectivity index (χ3v) is 10.4. The molecule has 0 unspecified atom stereocenters. The molecule has 0 radical (unpaired) electrons. The second-order valence-corrected chi connectivity index (χ2v) is 14.3. The predicted octanol–water partition coefficient (Wildman–Crippen LogP) is 4.96. The summed E-state index contributed by atoms with van der Waals surface area (Å²) >= 11 is 0. The number of hydrogen-bond acceptors (Lipinski definition) is 9. The molecule has 13 nitrogen and oxygen atoms in total. The molecule has 13 heteroatoms. The lowest BCUT2D eigenvalue weighted by atomic mass is 9.85. The number of pyridine rings is 1. The van der Waals surface area contributed by atoms with Gasteiger partial charge in [0.15, 0.2) is 17.3 Å². The zero-order valence-corrected chi connectivity index (χ0v) is 30.0. The number of nitrogens with one attached hydrogen (secondary N) is 1. The number of fused-ring (bicyclic) bond motifs is 1. The highest BCUT2D eigenvalue weighted by Gasteiger charge is 2.51. The van der Waals surface area contributed by atoms with Crippen LogP contribution in [0.5, 0.6) is 11.5 Å². The Labute approximate surface area is 302 Å². The molecule has 2 aromatic carbocycles. The van der Waals surface area contributed by atoms with E-state index in [9.17, 15) is 9.59 Å². The van der Waals surface area contributed by atoms with Gasteiger partial charge < -0.3 is 14.4 Å². The van der Waals surface area contributed by atoms with Crippen molar-refractivity contribution in [3.05, 3.63) is 72.6 Å². The van der Waals surface area contributed by atoms with E-state index in [1.807, 2.05) is 68.3 Å². The highest BCUT2D eigenvalue weighted by molar-refractivity contribution is 6.01. The molecule has 1 atom stereocenters. The van der Waals surface area contributed by atoms with Crippen LogP contribution in [-0.2, 0) is 16.6 Å². The van der Waals surface area contributed by atoms with Crippen LogP contribution >= 0.6 is 0 Å². The molecule has 5 aromatic rings. The molecule has 0 bridgehead atoms. The summed E-state index contributed by atoms with van der Waals surface area (Å²) < 4.78 is 13.2. The maximum absolute atomic E-state index is 14.1. The zero-order chi connectivity index (χ0) is 36.0. The van der Waals surface area contributed by atoms with Gasteiger partial charge in [-0.25, -0.2) is 9.97 Å². The molecule has 268 valence electrons. The number of benzene rings is 2. The minimum Gasteiger partial charge on any atom is -0.493 e. The number of anilines is 1. The number of nitrogens with zero attached hydrogens (tertiary/aromatic N) is 8. The average Bonchev–Trinajstić information content (AvgIpc) is 3.95. The highest BCUT2D eigenvalue weighted by atomic mass is 16.5. The van der Waals surface area contributed by atoms with Crippen molar-refractivity contribution in [2.75, 3.05) is 51.3 Å². The van der Waals surface area contributed by atoms with Gasteiger partial charge in [-0.15, -0.1) is 0 Å². The van der Waals surface area contributed by atoms with Gasteiger partial charge in [-0.2, -0.15) is 10.2 Å². The molecular weight excluding hydrogens is 658 g/mol. The molecule has 52 heavy (non-hydrogen) atoms. The standard InChI is InChI=1S/C39H43N9O4/c1-25(2)52-31-11-9-29(21-32(31)51-4)35-36-30(42-43-35)10-12-33(41-36)48-20-16-39(38(48)50)15-19-46(23-39)22-34(49)47-17-13-27(14-18-47)26-5-7-28(8-6-26)37-40-24-45(3)44-37/h5-13,21,24-25H,14-20,22-23H2,1-4H3,(H,42,43)/t39-/m0/s1. The fourth-order valence-electron chi connectivity index (χ4n) is 7.67. The number of ether oxygens (including phenoxy) is 2. The minimum atomic E-state index is -0.512. The van der Waals surface area contributed by atoms with Crippen LogP contribution in [0.15, 0.2) is 67.0 Å². The molecule has 2 saturated heterocycles. The molecule has 6 heterocycles. The van der Waals surface area contributed by atoms with Gasteiger partial charge in [0.2, 0.25) is 11.8 Å². The third kappa shape index (κ3) is 6.29. The number of likely N-dealkylation sites (tertiary alicyclic amines) is 1. The molecule has 0 aliphatic carbocycles. The van der Waals surface area contributed by atoms with Crippen LogP contribution < -0.4 is 14.4 Å². The van der Waals surface area contributed by atoms with Gasteiger partial charge in [0.1, 0.15) is 23.4 Å². The number of methoxy groups -OCH3 is 1. The molecule has 3 aromatic heterocycles. The van der Waals surface area contributed by atoms with Gasteiger partial charge in [-0.05, 0) is 81.1 Å². The van der Waals surface area contributed by atoms with Crippen molar-refractivity contribution < 1.29 is 19.1 Å². The first-order chi connectivity index (χ1) is 25.2. The predicted molar refractivity (Wildman–Crippen MR) is 198 cm³/mol. The summed E-state index contributed by atoms with van der Waals surface area (Å²) in [4.78, 5) is 42.7. The van der Waals surface area contributed by atoms with E-state index in [-0.39, 0.29) is 17.9 Å². The Morgan fingerprint density at radius 3 is 2.50 bits per heavy atom. The Morgan fingerprint density at radius 1 is 0.981 bits per heavy atom. The summed E-state index contributed by atoms with van der Waals surface area (Å²) in [5, 5.41) is 12.0. The van der Waals surface area contributed by atoms with Gasteiger partial charge in [-0.3, -0.25) is 29.2 Å². The summed E-state index contributed by atoms with van der Waals surface area (Å²) in [6, 6.07) is 17.8. The summed E-state index contributed by atoms with van der Waals surface area (Å²) in [7, 11) is 3.47. The monoisotopic (exact) mass is 701 g/mol. The van der Waals surface area contributed by atoms with Gasteiger partial charge in [0.25, 0.3) is 0 Å². The van der Waals surface area contributed by atoms with Crippen LogP contribution in [0.1, 0.15) is 38.7 Å². The molecule has 8 rings (SSSR count). The fourth-order valence-corrected chi connectivity index (χ4v) is 7.67. The smallest absolute Gasteiger partial charge is 0.237 e. The number of hydrogen-bond donors (Lipinski definition) is 1. The first-order valence-corrected chi connectivity index (χ1v) is 17.9. The Bertz CT molecular complexity index is 2170. The van der Waals surface area contributed by atoms with Crippen LogP contribution in [-0.4, -0.2) is 104 Å². The van der Waals surface area contributed by atoms with Crippen LogP contribution in [0.3, 0.4) is 0 Å². The normalized spacial score (nSPS) is 19.3. The zero-order valence-electron chi connectivity index (χ0n) is 30.0. The summed E-state index contributed by atoms with van der Waals surface area (Å²) in [5.41, 5.74) is 5.83. The molecule has 3 aliphatic heterocycles. The largest absolute Gasteiger partial charge is 0.493 e. The molecule has 1 N–H and O–H groups in total. The maximum Gasteiger partial charge on any atom is 0.237 e. The number of amides is 2. The molecule has 1 spiro atoms. The van der Waals surface area contributed by atoms with E-state index in [2.05, 4.69) is 43.4 Å². The number of carbonyl (C=O) groups is 2. The number of H-pyrrole nitrogens is 1. The van der Waals surface area contributed by atoms with Crippen molar-refractivity contribution in [3.8, 4) is 34.1 Å². The molecule has 2 amide bonds. The van der Waals surface area contributed by atoms with Crippen molar-refractivity contribution in [2.24, 2.45) is 12.5 Å². The Balaban J connectivity index is 0.902. The minimum absolute atomic E-state index is 0.0112. The highest BCUT2D eigenvalue weighted by Crippen LogP contribution is 2.43. The molecule has 3 aliphatic rings. The van der Waals surface area contributed by atoms with E-state index in [1.54, 1.807) is 23.0 Å². The number of aromatic amines is 1. The van der Waals surface area contributed by atoms with E-state index in [0.29, 0.717) is 73.6 Å². The fraction of sp³-hybridized carbons (Fsp3) is 0.385. The quantitative estimate of drug-likeness (QED) is 0.226. The van der Waals surface area contributed by atoms with Gasteiger partial charge in [0.05, 0.1) is 30.7 Å². The summed E-state index contributed by atoms with van der Waals surface area (Å²) in [6.45, 7) is 7.39. The van der Waals surface area contributed by atoms with Gasteiger partial charge >= 0.3 is 0 Å². The van der Waals surface area contributed by atoms with E-state index in [4.69, 9.17) is 14.5 Å². The van der Waals surface area contributed by atoms with E-state index in [1.165, 1.54) is 5.57 Å². The lowest BCUT2D eigenvalue weighted by Gasteiger charge is -2.29. The van der Waals surface area contributed by atoms with Gasteiger partial charge in [0, 0.05) is 44.4 Å². The molecular formula is C39H43N9O4. The Morgan fingerprint density at radius 2 is 1.77 bits per heavy atom. The summed E-state index contributed by atoms with van der Waals surface area (Å²) in [6.07, 6.45) is 6.12. The first-order valence-electron chi connectivity index (χ1n) is 17.9. The van der Waals surface area contributed by atoms with Crippen LogP contribution in [0.4, 0.5) is 5.82 Å². The topological polar surface area (TPSA) is 135 Å². The first kappa shape index (κ1) is 33.6.